The Morgan fingerprint density at radius 3 is 3.08 bits per heavy atom. The largest absolute Gasteiger partial charge is 0.323 e. The van der Waals surface area contributed by atoms with E-state index in [0.29, 0.717) is 22.0 Å². The van der Waals surface area contributed by atoms with Gasteiger partial charge in [-0.2, -0.15) is 5.10 Å². The molecule has 138 valence electrons. The van der Waals surface area contributed by atoms with Gasteiger partial charge in [0.15, 0.2) is 0 Å². The fourth-order valence-corrected chi connectivity index (χ4v) is 4.39. The van der Waals surface area contributed by atoms with Crippen molar-refractivity contribution >= 4 is 40.0 Å². The van der Waals surface area contributed by atoms with Crippen LogP contribution in [0.3, 0.4) is 0 Å². The van der Waals surface area contributed by atoms with E-state index in [1.165, 1.54) is 11.3 Å². The molecule has 0 unspecified atom stereocenters. The summed E-state index contributed by atoms with van der Waals surface area (Å²) in [5, 5.41) is 17.1. The number of nitrogens with two attached hydrogens (primary N) is 1. The van der Waals surface area contributed by atoms with Crippen molar-refractivity contribution in [2.24, 2.45) is 16.9 Å². The van der Waals surface area contributed by atoms with E-state index >= 15 is 0 Å². The monoisotopic (exact) mass is 390 g/mol. The maximum absolute atomic E-state index is 12.4. The first-order valence-electron chi connectivity index (χ1n) is 8.56. The van der Waals surface area contributed by atoms with Crippen LogP contribution in [0.25, 0.3) is 0 Å². The van der Waals surface area contributed by atoms with Crippen LogP contribution >= 0.6 is 24.0 Å². The van der Waals surface area contributed by atoms with Crippen molar-refractivity contribution in [2.45, 2.75) is 44.4 Å². The minimum Gasteiger partial charge on any atom is -0.323 e. The van der Waals surface area contributed by atoms with Crippen molar-refractivity contribution in [1.29, 1.82) is 0 Å². The van der Waals surface area contributed by atoms with Crippen molar-refractivity contribution in [1.82, 2.24) is 15.2 Å². The number of rotatable bonds is 6. The highest BCUT2D eigenvalue weighted by molar-refractivity contribution is 7.97. The summed E-state index contributed by atoms with van der Waals surface area (Å²) in [6.45, 7) is 1.85. The first-order chi connectivity index (χ1) is 12.6. The second-order valence-electron chi connectivity index (χ2n) is 6.57. The molecule has 7 nitrogen and oxygen atoms in total. The number of anilines is 1. The second kappa shape index (κ2) is 8.59. The van der Waals surface area contributed by atoms with E-state index in [-0.39, 0.29) is 11.8 Å². The maximum atomic E-state index is 12.4. The SMILES string of the molecule is C[C@H](C(=O)Nc1nnc([C@@H]2CC[C@H](C/C(S)=N/N)C2)s1)c1cccnc1. The Morgan fingerprint density at radius 2 is 2.35 bits per heavy atom. The van der Waals surface area contributed by atoms with Gasteiger partial charge in [-0.05, 0) is 43.7 Å². The average Bonchev–Trinajstić information content (AvgIpc) is 3.31. The molecule has 2 aromatic rings. The van der Waals surface area contributed by atoms with Gasteiger partial charge in [0, 0.05) is 24.7 Å². The highest BCUT2D eigenvalue weighted by Gasteiger charge is 2.29. The molecule has 1 saturated carbocycles. The second-order valence-corrected chi connectivity index (χ2v) is 8.09. The molecule has 2 heterocycles. The summed E-state index contributed by atoms with van der Waals surface area (Å²) in [5.41, 5.74) is 0.873. The Balaban J connectivity index is 1.57. The van der Waals surface area contributed by atoms with Crippen LogP contribution < -0.4 is 11.2 Å². The fraction of sp³-hybridized carbons (Fsp3) is 0.471. The van der Waals surface area contributed by atoms with Gasteiger partial charge in [-0.15, -0.1) is 22.8 Å². The van der Waals surface area contributed by atoms with E-state index in [1.807, 2.05) is 19.1 Å². The lowest BCUT2D eigenvalue weighted by atomic mass is 10.0. The van der Waals surface area contributed by atoms with Crippen molar-refractivity contribution in [3.63, 3.8) is 0 Å². The quantitative estimate of drug-likeness (QED) is 0.231. The molecule has 2 aromatic heterocycles. The van der Waals surface area contributed by atoms with Crippen molar-refractivity contribution < 1.29 is 4.79 Å². The Morgan fingerprint density at radius 1 is 1.50 bits per heavy atom. The zero-order valence-electron chi connectivity index (χ0n) is 14.5. The molecule has 0 spiro atoms. The zero-order chi connectivity index (χ0) is 18.5. The number of thiol groups is 1. The average molecular weight is 391 g/mol. The molecule has 0 aromatic carbocycles. The van der Waals surface area contributed by atoms with Crippen molar-refractivity contribution in [3.8, 4) is 0 Å². The normalized spacial score (nSPS) is 21.5. The maximum Gasteiger partial charge on any atom is 0.233 e. The number of hydrogen-bond acceptors (Lipinski definition) is 7. The predicted octanol–water partition coefficient (Wildman–Crippen LogP) is 3.15. The minimum atomic E-state index is -0.295. The van der Waals surface area contributed by atoms with Gasteiger partial charge in [0.25, 0.3) is 0 Å². The van der Waals surface area contributed by atoms with Crippen LogP contribution in [-0.2, 0) is 4.79 Å². The topological polar surface area (TPSA) is 106 Å². The van der Waals surface area contributed by atoms with Crippen LogP contribution in [0.5, 0.6) is 0 Å². The number of carbonyl (C=O) groups is 1. The van der Waals surface area contributed by atoms with Crippen LogP contribution in [0, 0.1) is 5.92 Å². The highest BCUT2D eigenvalue weighted by atomic mass is 32.1. The van der Waals surface area contributed by atoms with Crippen LogP contribution in [0.1, 0.15) is 55.0 Å². The number of hydrazone groups is 1. The van der Waals surface area contributed by atoms with Gasteiger partial charge in [0.2, 0.25) is 11.0 Å². The lowest BCUT2D eigenvalue weighted by Gasteiger charge is -2.10. The van der Waals surface area contributed by atoms with Gasteiger partial charge in [-0.25, -0.2) is 0 Å². The molecule has 3 N–H and O–H groups in total. The van der Waals surface area contributed by atoms with Crippen LogP contribution in [0.2, 0.25) is 0 Å². The summed E-state index contributed by atoms with van der Waals surface area (Å²) in [7, 11) is 0. The number of nitrogens with zero attached hydrogens (tertiary/aromatic N) is 4. The Labute approximate surface area is 161 Å². The lowest BCUT2D eigenvalue weighted by Crippen LogP contribution is -2.18. The number of amides is 1. The summed E-state index contributed by atoms with van der Waals surface area (Å²) in [6, 6.07) is 3.71. The number of aromatic nitrogens is 3. The zero-order valence-corrected chi connectivity index (χ0v) is 16.2. The van der Waals surface area contributed by atoms with Gasteiger partial charge in [-0.3, -0.25) is 9.78 Å². The molecule has 1 fully saturated rings. The third-order valence-corrected chi connectivity index (χ3v) is 6.06. The first kappa shape index (κ1) is 18.8. The molecule has 9 heteroatoms. The summed E-state index contributed by atoms with van der Waals surface area (Å²) in [6.07, 6.45) is 7.38. The fourth-order valence-electron chi connectivity index (χ4n) is 3.24. The summed E-state index contributed by atoms with van der Waals surface area (Å²) in [4.78, 5) is 16.5. The van der Waals surface area contributed by atoms with Crippen LogP contribution in [0.4, 0.5) is 5.13 Å². The van der Waals surface area contributed by atoms with E-state index in [2.05, 4.69) is 38.2 Å². The molecule has 0 saturated heterocycles. The number of nitrogens with one attached hydrogen (secondary N) is 1. The molecule has 1 aliphatic carbocycles. The third-order valence-electron chi connectivity index (χ3n) is 4.76. The third kappa shape index (κ3) is 4.59. The van der Waals surface area contributed by atoms with E-state index in [0.717, 1.165) is 36.3 Å². The highest BCUT2D eigenvalue weighted by Crippen LogP contribution is 2.41. The molecule has 3 rings (SSSR count). The first-order valence-corrected chi connectivity index (χ1v) is 9.83. The Bertz CT molecular complexity index is 779. The Hall–Kier alpha value is -2.00. The van der Waals surface area contributed by atoms with Gasteiger partial charge < -0.3 is 11.2 Å². The molecule has 0 bridgehead atoms. The molecule has 1 amide bonds. The summed E-state index contributed by atoms with van der Waals surface area (Å²) >= 11 is 5.71. The smallest absolute Gasteiger partial charge is 0.233 e. The lowest BCUT2D eigenvalue weighted by molar-refractivity contribution is -0.117. The molecular formula is C17H22N6OS2. The molecule has 0 radical (unpaired) electrons. The van der Waals surface area contributed by atoms with Crippen molar-refractivity contribution in [2.75, 3.05) is 5.32 Å². The van der Waals surface area contributed by atoms with Gasteiger partial charge >= 0.3 is 0 Å². The predicted molar refractivity (Wildman–Crippen MR) is 106 cm³/mol. The molecule has 1 aliphatic rings. The molecule has 0 aliphatic heterocycles. The van der Waals surface area contributed by atoms with Crippen molar-refractivity contribution in [3.05, 3.63) is 35.1 Å². The summed E-state index contributed by atoms with van der Waals surface area (Å²) < 4.78 is 0. The van der Waals surface area contributed by atoms with Gasteiger partial charge in [-0.1, -0.05) is 17.4 Å². The standard InChI is InChI=1S/C17H22N6OS2/c1-10(13-3-2-6-19-9-13)15(24)20-17-23-22-16(26-17)12-5-4-11(7-12)8-14(25)21-18/h2-3,6,9-12H,4-5,7-8,18H2,1H3,(H,21,25)(H,20,23,24)/t10-,11-,12+/m0/s1. The van der Waals surface area contributed by atoms with E-state index in [4.69, 9.17) is 5.84 Å². The van der Waals surface area contributed by atoms with Crippen LogP contribution in [-0.4, -0.2) is 26.1 Å². The molecule has 26 heavy (non-hydrogen) atoms. The van der Waals surface area contributed by atoms with E-state index in [9.17, 15) is 4.79 Å². The van der Waals surface area contributed by atoms with Gasteiger partial charge in [0.1, 0.15) is 5.01 Å². The Kier molecular flexibility index (Phi) is 6.20. The summed E-state index contributed by atoms with van der Waals surface area (Å²) in [5.74, 6) is 5.75. The number of hydrogen-bond donors (Lipinski definition) is 3. The number of carbonyl (C=O) groups excluding carboxylic acids is 1. The van der Waals surface area contributed by atoms with Gasteiger partial charge in [0.05, 0.1) is 11.0 Å². The van der Waals surface area contributed by atoms with E-state index < -0.39 is 0 Å². The number of pyridine rings is 1. The molecule has 3 atom stereocenters. The minimum absolute atomic E-state index is 0.108. The van der Waals surface area contributed by atoms with Crippen LogP contribution in [0.15, 0.2) is 29.6 Å². The molecular weight excluding hydrogens is 368 g/mol. The van der Waals surface area contributed by atoms with E-state index in [1.54, 1.807) is 12.4 Å².